The number of nitrogens with zero attached hydrogens (tertiary/aromatic N) is 3. The summed E-state index contributed by atoms with van der Waals surface area (Å²) in [6, 6.07) is 8.53. The fourth-order valence-electron chi connectivity index (χ4n) is 3.50. The van der Waals surface area contributed by atoms with Gasteiger partial charge in [-0.05, 0) is 37.1 Å². The number of hydrogen-bond acceptors (Lipinski definition) is 4. The van der Waals surface area contributed by atoms with E-state index in [-0.39, 0.29) is 11.9 Å². The van der Waals surface area contributed by atoms with Crippen LogP contribution in [0.4, 0.5) is 0 Å². The first-order chi connectivity index (χ1) is 12.1. The summed E-state index contributed by atoms with van der Waals surface area (Å²) < 4.78 is 7.54. The number of nitrogens with one attached hydrogen (secondary N) is 1. The normalized spacial score (nSPS) is 16.4. The molecule has 0 atom stereocenters. The first-order valence-electron chi connectivity index (χ1n) is 8.93. The molecule has 2 aliphatic heterocycles. The van der Waals surface area contributed by atoms with Crippen molar-refractivity contribution in [3.05, 3.63) is 46.8 Å². The molecule has 3 heterocycles. The molecule has 0 spiro atoms. The number of hydrogen-bond donors (Lipinski definition) is 1. The minimum atomic E-state index is -0.0953. The molecule has 6 nitrogen and oxygen atoms in total. The van der Waals surface area contributed by atoms with Crippen molar-refractivity contribution in [2.75, 3.05) is 13.2 Å². The molecule has 2 aromatic rings. The van der Waals surface area contributed by atoms with Gasteiger partial charge >= 0.3 is 0 Å². The Morgan fingerprint density at radius 2 is 2.20 bits per heavy atom. The predicted molar refractivity (Wildman–Crippen MR) is 94.6 cm³/mol. The van der Waals surface area contributed by atoms with Crippen molar-refractivity contribution in [1.29, 1.82) is 0 Å². The van der Waals surface area contributed by atoms with Crippen molar-refractivity contribution in [3.8, 4) is 5.75 Å². The Morgan fingerprint density at radius 3 is 3.04 bits per heavy atom. The van der Waals surface area contributed by atoms with Gasteiger partial charge in [0.1, 0.15) is 5.75 Å². The number of benzene rings is 1. The molecule has 1 aromatic carbocycles. The lowest BCUT2D eigenvalue weighted by Crippen LogP contribution is -2.33. The second-order valence-electron chi connectivity index (χ2n) is 7.12. The molecule has 1 aromatic heterocycles. The van der Waals surface area contributed by atoms with E-state index in [0.29, 0.717) is 5.69 Å². The van der Waals surface area contributed by atoms with Crippen molar-refractivity contribution >= 4 is 5.91 Å². The Morgan fingerprint density at radius 1 is 1.32 bits per heavy atom. The van der Waals surface area contributed by atoms with Gasteiger partial charge in [0, 0.05) is 32.1 Å². The van der Waals surface area contributed by atoms with Crippen molar-refractivity contribution < 1.29 is 9.53 Å². The van der Waals surface area contributed by atoms with Crippen molar-refractivity contribution in [2.45, 2.75) is 45.9 Å². The standard InChI is InChI=1S/C19H24N4O2/c1-13(2)20-19(24)17-10-16-12-22(6-7-23(16)21-17)11-14-3-4-18-15(9-14)5-8-25-18/h3-4,9-10,13H,5-8,11-12H2,1-2H3,(H,20,24). The van der Waals surface area contributed by atoms with Crippen LogP contribution in [0.3, 0.4) is 0 Å². The number of aromatic nitrogens is 2. The average Bonchev–Trinajstić information content (AvgIpc) is 3.19. The van der Waals surface area contributed by atoms with Gasteiger partial charge in [-0.3, -0.25) is 14.4 Å². The molecule has 0 radical (unpaired) electrons. The zero-order valence-corrected chi connectivity index (χ0v) is 14.8. The Labute approximate surface area is 147 Å². The summed E-state index contributed by atoms with van der Waals surface area (Å²) in [5, 5.41) is 7.36. The Hall–Kier alpha value is -2.34. The molecule has 0 saturated carbocycles. The molecule has 132 valence electrons. The monoisotopic (exact) mass is 340 g/mol. The number of carbonyl (C=O) groups excluding carboxylic acids is 1. The maximum absolute atomic E-state index is 12.1. The van der Waals surface area contributed by atoms with E-state index in [1.54, 1.807) is 0 Å². The van der Waals surface area contributed by atoms with Crippen molar-refractivity contribution in [3.63, 3.8) is 0 Å². The van der Waals surface area contributed by atoms with E-state index in [0.717, 1.165) is 50.7 Å². The van der Waals surface area contributed by atoms with Gasteiger partial charge in [0.2, 0.25) is 0 Å². The zero-order chi connectivity index (χ0) is 17.4. The highest BCUT2D eigenvalue weighted by atomic mass is 16.5. The zero-order valence-electron chi connectivity index (χ0n) is 14.8. The molecule has 0 bridgehead atoms. The molecule has 0 unspecified atom stereocenters. The Bertz CT molecular complexity index is 797. The van der Waals surface area contributed by atoms with Gasteiger partial charge in [0.15, 0.2) is 5.69 Å². The van der Waals surface area contributed by atoms with Crippen LogP contribution in [0, 0.1) is 0 Å². The Kier molecular flexibility index (Phi) is 4.21. The minimum Gasteiger partial charge on any atom is -0.493 e. The van der Waals surface area contributed by atoms with E-state index in [2.05, 4.69) is 33.5 Å². The minimum absolute atomic E-state index is 0.0953. The summed E-state index contributed by atoms with van der Waals surface area (Å²) in [5.41, 5.74) is 4.24. The van der Waals surface area contributed by atoms with Crippen molar-refractivity contribution in [1.82, 2.24) is 20.0 Å². The van der Waals surface area contributed by atoms with Crippen LogP contribution in [0.15, 0.2) is 24.3 Å². The van der Waals surface area contributed by atoms with Gasteiger partial charge in [0.05, 0.1) is 18.8 Å². The fraction of sp³-hybridized carbons (Fsp3) is 0.474. The summed E-state index contributed by atoms with van der Waals surface area (Å²) in [6.45, 7) is 8.19. The average molecular weight is 340 g/mol. The maximum atomic E-state index is 12.1. The van der Waals surface area contributed by atoms with Crippen molar-refractivity contribution in [2.24, 2.45) is 0 Å². The first kappa shape index (κ1) is 16.1. The predicted octanol–water partition coefficient (Wildman–Crippen LogP) is 1.97. The summed E-state index contributed by atoms with van der Waals surface area (Å²) >= 11 is 0. The van der Waals surface area contributed by atoms with E-state index >= 15 is 0 Å². The highest BCUT2D eigenvalue weighted by Gasteiger charge is 2.22. The molecular weight excluding hydrogens is 316 g/mol. The molecule has 0 fully saturated rings. The van der Waals surface area contributed by atoms with Gasteiger partial charge < -0.3 is 10.1 Å². The van der Waals surface area contributed by atoms with Crippen LogP contribution in [0.1, 0.15) is 41.2 Å². The van der Waals surface area contributed by atoms with E-state index in [1.807, 2.05) is 24.6 Å². The number of amides is 1. The number of rotatable bonds is 4. The van der Waals surface area contributed by atoms with E-state index in [9.17, 15) is 4.79 Å². The SMILES string of the molecule is CC(C)NC(=O)c1cc2n(n1)CCN(Cc1ccc3c(c1)CCO3)C2. The van der Waals surface area contributed by atoms with Crippen LogP contribution in [-0.4, -0.2) is 39.8 Å². The van der Waals surface area contributed by atoms with Gasteiger partial charge in [-0.15, -0.1) is 0 Å². The third-order valence-electron chi connectivity index (χ3n) is 4.69. The molecule has 6 heteroatoms. The number of fused-ring (bicyclic) bond motifs is 2. The summed E-state index contributed by atoms with van der Waals surface area (Å²) in [4.78, 5) is 14.5. The third kappa shape index (κ3) is 3.39. The van der Waals surface area contributed by atoms with Gasteiger partial charge in [0.25, 0.3) is 5.91 Å². The summed E-state index contributed by atoms with van der Waals surface area (Å²) in [7, 11) is 0. The number of carbonyl (C=O) groups is 1. The van der Waals surface area contributed by atoms with Gasteiger partial charge in [-0.2, -0.15) is 5.10 Å². The van der Waals surface area contributed by atoms with Crippen LogP contribution in [0.2, 0.25) is 0 Å². The molecule has 25 heavy (non-hydrogen) atoms. The lowest BCUT2D eigenvalue weighted by molar-refractivity contribution is 0.0937. The fourth-order valence-corrected chi connectivity index (χ4v) is 3.50. The van der Waals surface area contributed by atoms with Gasteiger partial charge in [-0.25, -0.2) is 0 Å². The molecule has 2 aliphatic rings. The Balaban J connectivity index is 1.44. The lowest BCUT2D eigenvalue weighted by atomic mass is 10.1. The van der Waals surface area contributed by atoms with Crippen LogP contribution >= 0.6 is 0 Å². The van der Waals surface area contributed by atoms with E-state index in [4.69, 9.17) is 4.74 Å². The molecular formula is C19H24N4O2. The largest absolute Gasteiger partial charge is 0.493 e. The number of ether oxygens (including phenoxy) is 1. The molecule has 0 saturated heterocycles. The lowest BCUT2D eigenvalue weighted by Gasteiger charge is -2.27. The molecule has 4 rings (SSSR count). The second-order valence-corrected chi connectivity index (χ2v) is 7.12. The van der Waals surface area contributed by atoms with Crippen LogP contribution in [0.5, 0.6) is 5.75 Å². The topological polar surface area (TPSA) is 59.4 Å². The third-order valence-corrected chi connectivity index (χ3v) is 4.69. The molecule has 1 N–H and O–H groups in total. The van der Waals surface area contributed by atoms with Crippen LogP contribution in [0.25, 0.3) is 0 Å². The second kappa shape index (κ2) is 6.52. The highest BCUT2D eigenvalue weighted by molar-refractivity contribution is 5.92. The smallest absolute Gasteiger partial charge is 0.271 e. The summed E-state index contributed by atoms with van der Waals surface area (Å²) in [6.07, 6.45) is 1.00. The summed E-state index contributed by atoms with van der Waals surface area (Å²) in [5.74, 6) is 0.934. The molecule has 1 amide bonds. The van der Waals surface area contributed by atoms with Crippen LogP contribution in [-0.2, 0) is 26.1 Å². The van der Waals surface area contributed by atoms with Crippen LogP contribution < -0.4 is 10.1 Å². The quantitative estimate of drug-likeness (QED) is 0.924. The highest BCUT2D eigenvalue weighted by Crippen LogP contribution is 2.27. The van der Waals surface area contributed by atoms with Gasteiger partial charge in [-0.1, -0.05) is 12.1 Å². The van der Waals surface area contributed by atoms with E-state index < -0.39 is 0 Å². The van der Waals surface area contributed by atoms with E-state index in [1.165, 1.54) is 11.1 Å². The molecule has 0 aliphatic carbocycles. The maximum Gasteiger partial charge on any atom is 0.271 e. The first-order valence-corrected chi connectivity index (χ1v) is 8.93.